The maximum Gasteiger partial charge on any atom is 0.309 e. The minimum Gasteiger partial charge on any atom is -0.469 e. The fourth-order valence-corrected chi connectivity index (χ4v) is 7.23. The van der Waals surface area contributed by atoms with Crippen LogP contribution < -0.4 is 5.32 Å². The third-order valence-corrected chi connectivity index (χ3v) is 8.58. The molecule has 1 aliphatic heterocycles. The lowest BCUT2D eigenvalue weighted by molar-refractivity contribution is -0.155. The van der Waals surface area contributed by atoms with Crippen molar-refractivity contribution in [3.8, 4) is 0 Å². The lowest BCUT2D eigenvalue weighted by Gasteiger charge is -2.60. The van der Waals surface area contributed by atoms with Gasteiger partial charge in [0.2, 0.25) is 5.91 Å². The molecule has 1 N–H and O–H groups in total. The molecule has 4 nitrogen and oxygen atoms in total. The zero-order valence-corrected chi connectivity index (χ0v) is 20.3. The van der Waals surface area contributed by atoms with E-state index in [-0.39, 0.29) is 28.6 Å². The topological polar surface area (TPSA) is 55.4 Å². The van der Waals surface area contributed by atoms with Crippen LogP contribution in [-0.4, -0.2) is 25.0 Å². The van der Waals surface area contributed by atoms with Crippen molar-refractivity contribution < 1.29 is 14.3 Å². The van der Waals surface area contributed by atoms with Crippen LogP contribution in [0, 0.1) is 34.5 Å². The van der Waals surface area contributed by atoms with Gasteiger partial charge in [-0.15, -0.1) is 0 Å². The van der Waals surface area contributed by atoms with Gasteiger partial charge in [-0.3, -0.25) is 9.59 Å². The molecule has 1 heterocycles. The molecule has 0 aromatic carbocycles. The van der Waals surface area contributed by atoms with Crippen LogP contribution in [0.15, 0.2) is 0 Å². The molecule has 0 aromatic rings. The Morgan fingerprint density at radius 3 is 2.42 bits per heavy atom. The summed E-state index contributed by atoms with van der Waals surface area (Å²) in [5.41, 5.74) is 0.372. The molecular formula is C20H31I2NO3. The number of hydrogen-bond acceptors (Lipinski definition) is 3. The highest BCUT2D eigenvalue weighted by Gasteiger charge is 2.61. The summed E-state index contributed by atoms with van der Waals surface area (Å²) in [5.74, 6) is 2.40. The molecule has 4 rings (SSSR count). The minimum absolute atomic E-state index is 0.00303. The summed E-state index contributed by atoms with van der Waals surface area (Å²) in [7, 11) is 1.53. The molecule has 3 aliphatic carbocycles. The van der Waals surface area contributed by atoms with Crippen LogP contribution in [0.5, 0.6) is 0 Å². The second-order valence-electron chi connectivity index (χ2n) is 9.28. The molecule has 0 bridgehead atoms. The summed E-state index contributed by atoms with van der Waals surface area (Å²) in [6, 6.07) is 0.363. The molecule has 1 saturated heterocycles. The van der Waals surface area contributed by atoms with E-state index in [1.165, 1.54) is 26.4 Å². The number of hydrogen-bond donors (Lipinski definition) is 1. The van der Waals surface area contributed by atoms with Crippen molar-refractivity contribution in [1.29, 1.82) is 0 Å². The summed E-state index contributed by atoms with van der Waals surface area (Å²) in [6.45, 7) is 4.77. The van der Waals surface area contributed by atoms with Gasteiger partial charge in [0.1, 0.15) is 0 Å². The first kappa shape index (κ1) is 21.1. The fraction of sp³-hybridized carbons (Fsp3) is 0.900. The number of esters is 1. The van der Waals surface area contributed by atoms with Crippen molar-refractivity contribution in [3.05, 3.63) is 0 Å². The molecule has 0 radical (unpaired) electrons. The molecule has 7 atom stereocenters. The van der Waals surface area contributed by atoms with Crippen LogP contribution in [0.3, 0.4) is 0 Å². The molecule has 4 aliphatic rings. The van der Waals surface area contributed by atoms with Crippen LogP contribution in [-0.2, 0) is 14.3 Å². The van der Waals surface area contributed by atoms with Gasteiger partial charge < -0.3 is 10.1 Å². The first-order chi connectivity index (χ1) is 12.4. The molecule has 6 unspecified atom stereocenters. The Morgan fingerprint density at radius 2 is 1.73 bits per heavy atom. The molecule has 0 aromatic heterocycles. The predicted octanol–water partition coefficient (Wildman–Crippen LogP) is 5.07. The van der Waals surface area contributed by atoms with Crippen molar-refractivity contribution in [3.63, 3.8) is 0 Å². The van der Waals surface area contributed by atoms with Gasteiger partial charge >= 0.3 is 5.97 Å². The molecule has 3 saturated carbocycles. The average Bonchev–Trinajstić information content (AvgIpc) is 3.00. The normalized spacial score (nSPS) is 46.7. The number of carbonyl (C=O) groups excluding carboxylic acids is 2. The minimum atomic E-state index is 0.00303. The lowest BCUT2D eigenvalue weighted by Crippen LogP contribution is -2.61. The van der Waals surface area contributed by atoms with Gasteiger partial charge in [-0.1, -0.05) is 13.8 Å². The van der Waals surface area contributed by atoms with Crippen molar-refractivity contribution in [2.24, 2.45) is 34.5 Å². The monoisotopic (exact) mass is 587 g/mol. The number of methoxy groups -OCH3 is 1. The molecule has 6 heteroatoms. The van der Waals surface area contributed by atoms with E-state index in [1.807, 2.05) is 0 Å². The highest BCUT2D eigenvalue weighted by Crippen LogP contribution is 2.65. The van der Waals surface area contributed by atoms with Gasteiger partial charge in [-0.25, -0.2) is 0 Å². The Labute approximate surface area is 180 Å². The molecule has 0 spiro atoms. The molecule has 1 amide bonds. The Hall–Kier alpha value is 0.400. The largest absolute Gasteiger partial charge is 0.469 e. The molecular weight excluding hydrogens is 556 g/mol. The maximum absolute atomic E-state index is 12.3. The van der Waals surface area contributed by atoms with Gasteiger partial charge in [-0.05, 0) is 73.5 Å². The van der Waals surface area contributed by atoms with E-state index >= 15 is 0 Å². The summed E-state index contributed by atoms with van der Waals surface area (Å²) < 4.78 is 5.12. The zero-order valence-electron chi connectivity index (χ0n) is 16.0. The molecule has 4 fully saturated rings. The van der Waals surface area contributed by atoms with E-state index in [1.54, 1.807) is 0 Å². The highest BCUT2D eigenvalue weighted by molar-refractivity contribution is 15.0. The standard InChI is InChI=1S/C20H31NO3.I2/c1-19-10-8-14-12(13(19)5-6-15(19)18(23)24-3)4-7-16-20(14,2)11-9-17(22)21-16;1-2/h12-16H,4-11H2,1-3H3,(H,21,22);/t12?,13?,14?,15-,16?,19?,20?;/m1./s1. The number of piperidine rings is 1. The van der Waals surface area contributed by atoms with E-state index in [4.69, 9.17) is 4.74 Å². The fourth-order valence-electron chi connectivity index (χ4n) is 7.23. The average molecular weight is 587 g/mol. The number of fused-ring (bicyclic) bond motifs is 5. The number of ether oxygens (including phenoxy) is 1. The smallest absolute Gasteiger partial charge is 0.309 e. The quantitative estimate of drug-likeness (QED) is 0.345. The number of halogens is 2. The Kier molecular flexibility index (Phi) is 6.52. The lowest BCUT2D eigenvalue weighted by atomic mass is 9.47. The van der Waals surface area contributed by atoms with E-state index in [0.717, 1.165) is 31.6 Å². The van der Waals surface area contributed by atoms with Crippen LogP contribution in [0.2, 0.25) is 0 Å². The second kappa shape index (κ2) is 8.03. The van der Waals surface area contributed by atoms with Crippen LogP contribution in [0.25, 0.3) is 0 Å². The summed E-state index contributed by atoms with van der Waals surface area (Å²) in [6.07, 6.45) is 8.54. The van der Waals surface area contributed by atoms with Crippen LogP contribution >= 0.6 is 37.2 Å². The van der Waals surface area contributed by atoms with Crippen molar-refractivity contribution in [2.75, 3.05) is 7.11 Å². The number of nitrogens with one attached hydrogen (secondary N) is 1. The molecule has 148 valence electrons. The van der Waals surface area contributed by atoms with Gasteiger partial charge in [0.05, 0.1) is 13.0 Å². The SMILES string of the molecule is COC(=O)[C@H]1CCC2C3CCC4NC(=O)CCC4(C)C3CCC21C.II. The summed E-state index contributed by atoms with van der Waals surface area (Å²) in [4.78, 5) is 24.1. The van der Waals surface area contributed by atoms with Crippen molar-refractivity contribution in [1.82, 2.24) is 5.32 Å². The number of amides is 1. The Balaban J connectivity index is 0.000000948. The predicted molar refractivity (Wildman–Crippen MR) is 119 cm³/mol. The number of rotatable bonds is 1. The van der Waals surface area contributed by atoms with E-state index < -0.39 is 0 Å². The third-order valence-electron chi connectivity index (χ3n) is 8.58. The summed E-state index contributed by atoms with van der Waals surface area (Å²) in [5, 5.41) is 3.28. The maximum atomic E-state index is 12.3. The van der Waals surface area contributed by atoms with Gasteiger partial charge in [-0.2, -0.15) is 0 Å². The van der Waals surface area contributed by atoms with Gasteiger partial charge in [0.25, 0.3) is 0 Å². The van der Waals surface area contributed by atoms with E-state index in [9.17, 15) is 9.59 Å². The van der Waals surface area contributed by atoms with E-state index in [0.29, 0.717) is 24.3 Å². The Bertz CT molecular complexity index is 571. The molecule has 26 heavy (non-hydrogen) atoms. The van der Waals surface area contributed by atoms with E-state index in [2.05, 4.69) is 56.4 Å². The van der Waals surface area contributed by atoms with Crippen molar-refractivity contribution >= 4 is 49.1 Å². The summed E-state index contributed by atoms with van der Waals surface area (Å²) >= 11 is 4.24. The zero-order chi connectivity index (χ0) is 19.1. The van der Waals surface area contributed by atoms with Gasteiger partial charge in [0, 0.05) is 49.7 Å². The highest BCUT2D eigenvalue weighted by atomic mass is 128. The second-order valence-corrected chi connectivity index (χ2v) is 9.28. The Morgan fingerprint density at radius 1 is 1.04 bits per heavy atom. The first-order valence-electron chi connectivity index (χ1n) is 9.91. The van der Waals surface area contributed by atoms with Crippen LogP contribution in [0.4, 0.5) is 0 Å². The number of carbonyl (C=O) groups is 2. The van der Waals surface area contributed by atoms with Gasteiger partial charge in [0.15, 0.2) is 0 Å². The van der Waals surface area contributed by atoms with Crippen molar-refractivity contribution in [2.45, 2.75) is 71.3 Å². The third kappa shape index (κ3) is 3.22. The van der Waals surface area contributed by atoms with Crippen LogP contribution in [0.1, 0.15) is 65.2 Å². The first-order valence-corrected chi connectivity index (χ1v) is 16.2.